The van der Waals surface area contributed by atoms with Crippen molar-refractivity contribution in [2.45, 2.75) is 335 Å². The fourth-order valence-corrected chi connectivity index (χ4v) is 8.89. The van der Waals surface area contributed by atoms with Crippen molar-refractivity contribution < 1.29 is 28.6 Å². The van der Waals surface area contributed by atoms with Crippen LogP contribution in [-0.4, -0.2) is 37.2 Å². The number of allylic oxidation sites excluding steroid dienone is 4. The molecular weight excluding hydrogens is 829 g/mol. The molecule has 0 aromatic heterocycles. The minimum atomic E-state index is -0.772. The molecule has 0 spiro atoms. The number of unbranched alkanes of at least 4 members (excludes halogenated alkanes) is 40. The molecule has 0 aliphatic heterocycles. The molecule has 0 bridgehead atoms. The molecule has 0 unspecified atom stereocenters. The van der Waals surface area contributed by atoms with Crippen LogP contribution in [0, 0.1) is 0 Å². The first-order valence-corrected chi connectivity index (χ1v) is 29.8. The summed E-state index contributed by atoms with van der Waals surface area (Å²) in [6.45, 7) is 6.64. The Kier molecular flexibility index (Phi) is 54.7. The van der Waals surface area contributed by atoms with Crippen molar-refractivity contribution in [3.63, 3.8) is 0 Å². The van der Waals surface area contributed by atoms with Crippen LogP contribution >= 0.6 is 0 Å². The number of carbonyl (C=O) groups is 3. The lowest BCUT2D eigenvalue weighted by Crippen LogP contribution is -2.30. The van der Waals surface area contributed by atoms with Gasteiger partial charge in [-0.05, 0) is 64.2 Å². The number of ether oxygens (including phenoxy) is 3. The molecule has 0 heterocycles. The van der Waals surface area contributed by atoms with Crippen molar-refractivity contribution in [2.75, 3.05) is 13.2 Å². The van der Waals surface area contributed by atoms with Crippen LogP contribution in [0.4, 0.5) is 0 Å². The Balaban J connectivity index is 4.27. The molecule has 0 aliphatic rings. The first-order valence-electron chi connectivity index (χ1n) is 29.8. The molecule has 0 amide bonds. The number of hydrogen-bond acceptors (Lipinski definition) is 6. The third-order valence-corrected chi connectivity index (χ3v) is 13.4. The smallest absolute Gasteiger partial charge is 0.306 e. The molecule has 0 aromatic rings. The highest BCUT2D eigenvalue weighted by Crippen LogP contribution is 2.17. The van der Waals surface area contributed by atoms with Crippen molar-refractivity contribution in [3.05, 3.63) is 24.3 Å². The molecule has 6 heteroatoms. The summed E-state index contributed by atoms with van der Waals surface area (Å²) in [4.78, 5) is 38.1. The van der Waals surface area contributed by atoms with Gasteiger partial charge >= 0.3 is 17.9 Å². The van der Waals surface area contributed by atoms with Crippen LogP contribution in [0.5, 0.6) is 0 Å². The van der Waals surface area contributed by atoms with Crippen LogP contribution in [0.1, 0.15) is 329 Å². The Morgan fingerprint density at radius 2 is 0.507 bits per heavy atom. The lowest BCUT2D eigenvalue weighted by atomic mass is 10.0. The summed E-state index contributed by atoms with van der Waals surface area (Å²) >= 11 is 0. The van der Waals surface area contributed by atoms with Gasteiger partial charge in [0.2, 0.25) is 0 Å². The van der Waals surface area contributed by atoms with E-state index in [9.17, 15) is 14.4 Å². The van der Waals surface area contributed by atoms with Gasteiger partial charge in [-0.1, -0.05) is 270 Å². The third kappa shape index (κ3) is 54.7. The Morgan fingerprint density at radius 3 is 0.791 bits per heavy atom. The molecule has 6 nitrogen and oxygen atoms in total. The van der Waals surface area contributed by atoms with Gasteiger partial charge in [-0.25, -0.2) is 0 Å². The van der Waals surface area contributed by atoms with Gasteiger partial charge in [0.25, 0.3) is 0 Å². The van der Waals surface area contributed by atoms with Crippen molar-refractivity contribution in [1.29, 1.82) is 0 Å². The maximum absolute atomic E-state index is 12.9. The highest BCUT2D eigenvalue weighted by atomic mass is 16.6. The van der Waals surface area contributed by atoms with Gasteiger partial charge in [-0.3, -0.25) is 14.4 Å². The maximum atomic E-state index is 12.9. The molecular formula is C61H114O6. The predicted octanol–water partition coefficient (Wildman–Crippen LogP) is 19.9. The summed E-state index contributed by atoms with van der Waals surface area (Å²) in [5.74, 6) is -0.862. The van der Waals surface area contributed by atoms with Crippen LogP contribution in [0.2, 0.25) is 0 Å². The minimum absolute atomic E-state index is 0.0701. The van der Waals surface area contributed by atoms with E-state index in [2.05, 4.69) is 45.1 Å². The SMILES string of the molecule is CCCC/C=C\CCCCCCCC(=O)OC[C@H](COC(=O)CCCCCCCCCCCCCCCCCCCCC)OC(=O)CCCCCCCCCCC/C=C\CCCCCCCC. The minimum Gasteiger partial charge on any atom is -0.462 e. The summed E-state index contributed by atoms with van der Waals surface area (Å²) in [5.41, 5.74) is 0. The van der Waals surface area contributed by atoms with Crippen LogP contribution in [-0.2, 0) is 28.6 Å². The molecule has 0 saturated carbocycles. The second-order valence-electron chi connectivity index (χ2n) is 20.3. The Bertz CT molecular complexity index is 1080. The zero-order valence-electron chi connectivity index (χ0n) is 45.2. The van der Waals surface area contributed by atoms with E-state index in [1.807, 2.05) is 0 Å². The lowest BCUT2D eigenvalue weighted by molar-refractivity contribution is -0.167. The second-order valence-corrected chi connectivity index (χ2v) is 20.3. The van der Waals surface area contributed by atoms with Crippen LogP contribution in [0.3, 0.4) is 0 Å². The van der Waals surface area contributed by atoms with E-state index in [1.54, 1.807) is 0 Å². The molecule has 0 aliphatic carbocycles. The molecule has 0 fully saturated rings. The van der Waals surface area contributed by atoms with Crippen LogP contribution in [0.15, 0.2) is 24.3 Å². The highest BCUT2D eigenvalue weighted by molar-refractivity contribution is 5.71. The predicted molar refractivity (Wildman–Crippen MR) is 289 cm³/mol. The van der Waals surface area contributed by atoms with E-state index in [-0.39, 0.29) is 31.1 Å². The van der Waals surface area contributed by atoms with Gasteiger partial charge in [-0.15, -0.1) is 0 Å². The number of esters is 3. The van der Waals surface area contributed by atoms with Crippen LogP contribution in [0.25, 0.3) is 0 Å². The molecule has 394 valence electrons. The topological polar surface area (TPSA) is 78.9 Å². The first-order chi connectivity index (χ1) is 33.0. The second kappa shape index (κ2) is 56.5. The van der Waals surface area contributed by atoms with Crippen molar-refractivity contribution in [2.24, 2.45) is 0 Å². The average Bonchev–Trinajstić information content (AvgIpc) is 3.33. The van der Waals surface area contributed by atoms with E-state index >= 15 is 0 Å². The van der Waals surface area contributed by atoms with E-state index in [0.717, 1.165) is 64.2 Å². The van der Waals surface area contributed by atoms with Crippen molar-refractivity contribution in [3.8, 4) is 0 Å². The van der Waals surface area contributed by atoms with Crippen molar-refractivity contribution in [1.82, 2.24) is 0 Å². The van der Waals surface area contributed by atoms with Gasteiger partial charge < -0.3 is 14.2 Å². The molecule has 0 radical (unpaired) electrons. The van der Waals surface area contributed by atoms with E-state index in [4.69, 9.17) is 14.2 Å². The first kappa shape index (κ1) is 64.9. The summed E-state index contributed by atoms with van der Waals surface area (Å²) in [6, 6.07) is 0. The summed E-state index contributed by atoms with van der Waals surface area (Å²) in [6.07, 6.45) is 66.0. The van der Waals surface area contributed by atoms with Gasteiger partial charge in [0, 0.05) is 19.3 Å². The monoisotopic (exact) mass is 943 g/mol. The van der Waals surface area contributed by atoms with Crippen LogP contribution < -0.4 is 0 Å². The standard InChI is InChI=1S/C61H114O6/c1-4-7-10-13-16-19-22-24-26-28-30-32-34-36-39-42-45-48-51-54-60(63)66-57-58(56-65-59(62)53-50-47-44-41-38-21-18-15-12-9-6-3)67-61(64)55-52-49-46-43-40-37-35-33-31-29-27-25-23-20-17-14-11-8-5-2/h15,18,25,27,58H,4-14,16-17,19-24,26,28-57H2,1-3H3/b18-15-,27-25-/t58-/m1/s1. The van der Waals surface area contributed by atoms with Gasteiger partial charge in [-0.2, -0.15) is 0 Å². The number of carbonyl (C=O) groups excluding carboxylic acids is 3. The average molecular weight is 944 g/mol. The Morgan fingerprint density at radius 1 is 0.284 bits per heavy atom. The highest BCUT2D eigenvalue weighted by Gasteiger charge is 2.19. The van der Waals surface area contributed by atoms with Crippen molar-refractivity contribution >= 4 is 17.9 Å². The summed E-state index contributed by atoms with van der Waals surface area (Å²) in [7, 11) is 0. The third-order valence-electron chi connectivity index (χ3n) is 13.4. The van der Waals surface area contributed by atoms with Gasteiger partial charge in [0.1, 0.15) is 13.2 Å². The number of rotatable bonds is 55. The van der Waals surface area contributed by atoms with E-state index < -0.39 is 6.10 Å². The van der Waals surface area contributed by atoms with Gasteiger partial charge in [0.05, 0.1) is 0 Å². The zero-order chi connectivity index (χ0) is 48.6. The molecule has 1 atom stereocenters. The molecule has 0 aromatic carbocycles. The summed E-state index contributed by atoms with van der Waals surface area (Å²) < 4.78 is 16.9. The molecule has 67 heavy (non-hydrogen) atoms. The molecule has 0 rings (SSSR count). The van der Waals surface area contributed by atoms with Gasteiger partial charge in [0.15, 0.2) is 6.10 Å². The van der Waals surface area contributed by atoms with E-state index in [1.165, 1.54) is 225 Å². The summed E-state index contributed by atoms with van der Waals surface area (Å²) in [5, 5.41) is 0. The lowest BCUT2D eigenvalue weighted by Gasteiger charge is -2.18. The quantitative estimate of drug-likeness (QED) is 0.0262. The van der Waals surface area contributed by atoms with E-state index in [0.29, 0.717) is 19.3 Å². The fraction of sp³-hybridized carbons (Fsp3) is 0.885. The largest absolute Gasteiger partial charge is 0.462 e. The molecule has 0 N–H and O–H groups in total. The maximum Gasteiger partial charge on any atom is 0.306 e. The molecule has 0 saturated heterocycles. The normalized spacial score (nSPS) is 12.1. The zero-order valence-corrected chi connectivity index (χ0v) is 45.2. The Hall–Kier alpha value is -2.11. The number of hydrogen-bond donors (Lipinski definition) is 0. The fourth-order valence-electron chi connectivity index (χ4n) is 8.89. The Labute approximate surface area is 417 Å².